The van der Waals surface area contributed by atoms with Crippen molar-refractivity contribution < 1.29 is 14.3 Å². The Morgan fingerprint density at radius 2 is 2.17 bits per heavy atom. The van der Waals surface area contributed by atoms with Gasteiger partial charge in [0.1, 0.15) is 10.1 Å². The summed E-state index contributed by atoms with van der Waals surface area (Å²) in [5.74, 6) is 0.992. The number of amides is 2. The van der Waals surface area contributed by atoms with E-state index in [1.165, 1.54) is 22.7 Å². The van der Waals surface area contributed by atoms with Crippen molar-refractivity contribution in [3.8, 4) is 5.75 Å². The van der Waals surface area contributed by atoms with Crippen molar-refractivity contribution in [1.29, 1.82) is 0 Å². The molecule has 23 heavy (non-hydrogen) atoms. The van der Waals surface area contributed by atoms with Crippen LogP contribution in [0.2, 0.25) is 0 Å². The molecule has 0 saturated carbocycles. The van der Waals surface area contributed by atoms with E-state index in [-0.39, 0.29) is 11.8 Å². The van der Waals surface area contributed by atoms with Crippen molar-refractivity contribution in [3.63, 3.8) is 0 Å². The summed E-state index contributed by atoms with van der Waals surface area (Å²) in [6, 6.07) is 7.48. The topological polar surface area (TPSA) is 58.6 Å². The van der Waals surface area contributed by atoms with E-state index in [4.69, 9.17) is 17.0 Å². The molecule has 122 valence electrons. The van der Waals surface area contributed by atoms with Gasteiger partial charge >= 0.3 is 0 Å². The predicted octanol–water partition coefficient (Wildman–Crippen LogP) is 2.07. The Bertz CT molecular complexity index is 598. The van der Waals surface area contributed by atoms with Crippen LogP contribution < -0.4 is 10.1 Å². The Labute approximate surface area is 145 Å². The number of ether oxygens (including phenoxy) is 1. The first-order valence-electron chi connectivity index (χ1n) is 7.26. The van der Waals surface area contributed by atoms with Gasteiger partial charge in [0.25, 0.3) is 0 Å². The number of carbonyl (C=O) groups excluding carboxylic acids is 2. The molecule has 1 N–H and O–H groups in total. The minimum atomic E-state index is -0.205. The molecule has 2 amide bonds. The second-order valence-electron chi connectivity index (χ2n) is 4.73. The second-order valence-corrected chi connectivity index (χ2v) is 6.34. The highest BCUT2D eigenvalue weighted by molar-refractivity contribution is 8.23. The fraction of sp³-hybridized carbons (Fsp3) is 0.312. The van der Waals surface area contributed by atoms with E-state index in [1.807, 2.05) is 31.2 Å². The lowest BCUT2D eigenvalue weighted by atomic mass is 10.2. The van der Waals surface area contributed by atoms with Gasteiger partial charge < -0.3 is 10.1 Å². The quantitative estimate of drug-likeness (QED) is 0.603. The molecule has 0 bridgehead atoms. The lowest BCUT2D eigenvalue weighted by Gasteiger charge is -2.14. The lowest BCUT2D eigenvalue weighted by Crippen LogP contribution is -2.36. The molecule has 0 spiro atoms. The van der Waals surface area contributed by atoms with Gasteiger partial charge in [-0.15, -0.1) is 0 Å². The van der Waals surface area contributed by atoms with E-state index in [0.717, 1.165) is 11.3 Å². The molecular weight excluding hydrogens is 332 g/mol. The normalized spacial score (nSPS) is 14.6. The van der Waals surface area contributed by atoms with E-state index in [1.54, 1.807) is 6.08 Å². The highest BCUT2D eigenvalue weighted by Gasteiger charge is 2.25. The molecule has 1 heterocycles. The zero-order chi connectivity index (χ0) is 16.7. The van der Waals surface area contributed by atoms with Gasteiger partial charge in [0, 0.05) is 19.2 Å². The van der Waals surface area contributed by atoms with Crippen LogP contribution in [0.1, 0.15) is 12.5 Å². The second kappa shape index (κ2) is 8.69. The molecule has 1 aromatic rings. The van der Waals surface area contributed by atoms with E-state index in [2.05, 4.69) is 5.32 Å². The molecule has 0 unspecified atom stereocenters. The Morgan fingerprint density at radius 3 is 2.78 bits per heavy atom. The number of hydrogen-bond donors (Lipinski definition) is 1. The van der Waals surface area contributed by atoms with Gasteiger partial charge in [-0.1, -0.05) is 36.1 Å². The third-order valence-electron chi connectivity index (χ3n) is 3.09. The third-order valence-corrected chi connectivity index (χ3v) is 4.53. The fourth-order valence-electron chi connectivity index (χ4n) is 1.96. The summed E-state index contributed by atoms with van der Waals surface area (Å²) in [6.45, 7) is 3.34. The van der Waals surface area contributed by atoms with Crippen LogP contribution in [0.3, 0.4) is 0 Å². The Hall–Kier alpha value is -1.86. The van der Waals surface area contributed by atoms with Crippen molar-refractivity contribution in [2.45, 2.75) is 6.92 Å². The van der Waals surface area contributed by atoms with Crippen LogP contribution in [0.5, 0.6) is 5.75 Å². The highest BCUT2D eigenvalue weighted by atomic mass is 32.2. The van der Waals surface area contributed by atoms with Crippen LogP contribution >= 0.6 is 24.0 Å². The molecule has 1 saturated heterocycles. The third kappa shape index (κ3) is 5.37. The average molecular weight is 350 g/mol. The summed E-state index contributed by atoms with van der Waals surface area (Å²) in [5.41, 5.74) is 0.913. The standard InChI is InChI=1S/C16H18N2O3S2/c1-2-21-13-6-3-12(4-7-13)5-8-14(19)17-9-10-18-15(20)11-23-16(18)22/h3-8H,2,9-11H2,1H3,(H,17,19)/b8-5+. The number of thiocarbonyl (C=S) groups is 1. The zero-order valence-corrected chi connectivity index (χ0v) is 14.4. The van der Waals surface area contributed by atoms with Crippen LogP contribution in [0.15, 0.2) is 30.3 Å². The van der Waals surface area contributed by atoms with Crippen molar-refractivity contribution in [1.82, 2.24) is 10.2 Å². The van der Waals surface area contributed by atoms with Crippen LogP contribution in [0.4, 0.5) is 0 Å². The Kier molecular flexibility index (Phi) is 6.61. The summed E-state index contributed by atoms with van der Waals surface area (Å²) < 4.78 is 5.94. The van der Waals surface area contributed by atoms with Gasteiger partial charge in [0.05, 0.1) is 12.4 Å². The largest absolute Gasteiger partial charge is 0.494 e. The molecule has 1 aromatic carbocycles. The molecule has 1 aliphatic heterocycles. The van der Waals surface area contributed by atoms with E-state index in [9.17, 15) is 9.59 Å². The molecule has 0 atom stereocenters. The minimum Gasteiger partial charge on any atom is -0.494 e. The van der Waals surface area contributed by atoms with Gasteiger partial charge in [-0.05, 0) is 30.7 Å². The molecule has 0 aromatic heterocycles. The fourth-order valence-corrected chi connectivity index (χ4v) is 3.08. The molecule has 7 heteroatoms. The number of carbonyl (C=O) groups is 2. The summed E-state index contributed by atoms with van der Waals surface area (Å²) in [6.07, 6.45) is 3.20. The monoisotopic (exact) mass is 350 g/mol. The molecule has 5 nitrogen and oxygen atoms in total. The zero-order valence-electron chi connectivity index (χ0n) is 12.8. The molecule has 0 aliphatic carbocycles. The Morgan fingerprint density at radius 1 is 1.43 bits per heavy atom. The maximum absolute atomic E-state index is 11.8. The number of hydrogen-bond acceptors (Lipinski definition) is 5. The highest BCUT2D eigenvalue weighted by Crippen LogP contribution is 2.18. The first-order chi connectivity index (χ1) is 11.1. The smallest absolute Gasteiger partial charge is 0.244 e. The number of rotatable bonds is 7. The average Bonchev–Trinajstić information content (AvgIpc) is 2.86. The number of thioether (sulfide) groups is 1. The van der Waals surface area contributed by atoms with Gasteiger partial charge in [0.15, 0.2) is 0 Å². The van der Waals surface area contributed by atoms with Crippen molar-refractivity contribution in [2.75, 3.05) is 25.4 Å². The van der Waals surface area contributed by atoms with E-state index < -0.39 is 0 Å². The summed E-state index contributed by atoms with van der Waals surface area (Å²) in [5, 5.41) is 2.74. The van der Waals surface area contributed by atoms with Crippen molar-refractivity contribution >= 4 is 46.2 Å². The van der Waals surface area contributed by atoms with Gasteiger partial charge in [0.2, 0.25) is 11.8 Å². The molecule has 1 aliphatic rings. The van der Waals surface area contributed by atoms with Crippen LogP contribution in [0.25, 0.3) is 6.08 Å². The first kappa shape index (κ1) is 17.5. The summed E-state index contributed by atoms with van der Waals surface area (Å²) >= 11 is 6.43. The van der Waals surface area contributed by atoms with Gasteiger partial charge in [-0.25, -0.2) is 0 Å². The maximum Gasteiger partial charge on any atom is 0.244 e. The summed E-state index contributed by atoms with van der Waals surface area (Å²) in [4.78, 5) is 24.8. The number of benzene rings is 1. The first-order valence-corrected chi connectivity index (χ1v) is 8.65. The van der Waals surface area contributed by atoms with Crippen molar-refractivity contribution in [3.05, 3.63) is 35.9 Å². The molecule has 1 fully saturated rings. The molecular formula is C16H18N2O3S2. The predicted molar refractivity (Wildman–Crippen MR) is 96.4 cm³/mol. The van der Waals surface area contributed by atoms with Crippen molar-refractivity contribution in [2.24, 2.45) is 0 Å². The Balaban J connectivity index is 1.75. The van der Waals surface area contributed by atoms with Gasteiger partial charge in [-0.2, -0.15) is 0 Å². The van der Waals surface area contributed by atoms with Gasteiger partial charge in [-0.3, -0.25) is 14.5 Å². The number of nitrogens with one attached hydrogen (secondary N) is 1. The molecule has 0 radical (unpaired) electrons. The lowest BCUT2D eigenvalue weighted by molar-refractivity contribution is -0.124. The van der Waals surface area contributed by atoms with E-state index >= 15 is 0 Å². The number of nitrogens with zero attached hydrogens (tertiary/aromatic N) is 1. The SMILES string of the molecule is CCOc1ccc(/C=C/C(=O)NCCN2C(=O)CSC2=S)cc1. The van der Waals surface area contributed by atoms with Crippen LogP contribution in [-0.2, 0) is 9.59 Å². The molecule has 2 rings (SSSR count). The maximum atomic E-state index is 11.8. The van der Waals surface area contributed by atoms with Crippen LogP contribution in [-0.4, -0.2) is 46.5 Å². The van der Waals surface area contributed by atoms with E-state index in [0.29, 0.717) is 29.8 Å². The summed E-state index contributed by atoms with van der Waals surface area (Å²) in [7, 11) is 0. The van der Waals surface area contributed by atoms with Crippen LogP contribution in [0, 0.1) is 0 Å². The minimum absolute atomic E-state index is 0.000760.